The van der Waals surface area contributed by atoms with Gasteiger partial charge < -0.3 is 34.3 Å². The van der Waals surface area contributed by atoms with E-state index < -0.39 is 36.1 Å². The first-order valence-electron chi connectivity index (χ1n) is 21.8. The minimum atomic E-state index is -0.836. The highest BCUT2D eigenvalue weighted by Gasteiger charge is 2.65. The molecule has 6 fully saturated rings. The smallest absolute Gasteiger partial charge is 0.339 e. The normalized spacial score (nSPS) is 33.1. The number of amides is 2. The van der Waals surface area contributed by atoms with Crippen molar-refractivity contribution >= 4 is 23.9 Å². The van der Waals surface area contributed by atoms with Crippen molar-refractivity contribution in [2.75, 3.05) is 20.2 Å². The highest BCUT2D eigenvalue weighted by molar-refractivity contribution is 5.98. The maximum atomic E-state index is 14.5. The Kier molecular flexibility index (Phi) is 10.5. The Balaban J connectivity index is 0.992. The van der Waals surface area contributed by atoms with Crippen molar-refractivity contribution in [2.24, 2.45) is 29.1 Å². The molecule has 2 aliphatic heterocycles. The monoisotopic (exact) mass is 792 g/mol. The van der Waals surface area contributed by atoms with E-state index in [1.54, 1.807) is 7.05 Å². The number of aliphatic hydroxyl groups is 1. The molecule has 7 aliphatic rings. The Labute approximate surface area is 342 Å². The van der Waals surface area contributed by atoms with Crippen LogP contribution in [0.25, 0.3) is 6.08 Å². The van der Waals surface area contributed by atoms with E-state index in [9.17, 15) is 19.5 Å². The maximum Gasteiger partial charge on any atom is 0.339 e. The van der Waals surface area contributed by atoms with Gasteiger partial charge in [0.05, 0.1) is 23.9 Å². The number of likely N-dealkylation sites (N-methyl/N-ethyl adjacent to an activating group) is 1. The molecule has 4 saturated carbocycles. The molecule has 0 spiro atoms. The van der Waals surface area contributed by atoms with Crippen LogP contribution in [-0.4, -0.2) is 89.8 Å². The number of aliphatic hydroxyl groups excluding tert-OH is 1. The fourth-order valence-electron chi connectivity index (χ4n) is 10.9. The second kappa shape index (κ2) is 15.3. The minimum Gasteiger partial charge on any atom is -0.456 e. The quantitative estimate of drug-likeness (QED) is 0.178. The van der Waals surface area contributed by atoms with E-state index in [1.165, 1.54) is 10.5 Å². The van der Waals surface area contributed by atoms with Crippen LogP contribution in [0.1, 0.15) is 106 Å². The number of fused-ring (bicyclic) bond motifs is 3. The predicted molar refractivity (Wildman–Crippen MR) is 218 cm³/mol. The highest BCUT2D eigenvalue weighted by atomic mass is 16.8. The second-order valence-electron chi connectivity index (χ2n) is 19.1. The van der Waals surface area contributed by atoms with Gasteiger partial charge in [-0.15, -0.1) is 0 Å². The maximum absolute atomic E-state index is 14.5. The molecule has 10 heteroatoms. The molecular weight excluding hydrogens is 733 g/mol. The summed E-state index contributed by atoms with van der Waals surface area (Å²) in [5, 5.41) is 12.2. The zero-order valence-electron chi connectivity index (χ0n) is 34.5. The summed E-state index contributed by atoms with van der Waals surface area (Å²) in [6, 6.07) is 16.4. The van der Waals surface area contributed by atoms with Gasteiger partial charge in [0, 0.05) is 43.8 Å². The number of ether oxygens (including phenoxy) is 4. The molecule has 5 aliphatic carbocycles. The lowest BCUT2D eigenvalue weighted by Crippen LogP contribution is -2.51. The number of carbonyl (C=O) groups excluding carboxylic acids is 3. The van der Waals surface area contributed by atoms with Crippen LogP contribution in [-0.2, 0) is 35.0 Å². The van der Waals surface area contributed by atoms with E-state index in [-0.39, 0.29) is 60.3 Å². The zero-order chi connectivity index (χ0) is 40.4. The number of esters is 1. The summed E-state index contributed by atoms with van der Waals surface area (Å²) in [6.45, 7) is 6.90. The van der Waals surface area contributed by atoms with Gasteiger partial charge in [-0.2, -0.15) is 0 Å². The van der Waals surface area contributed by atoms with Crippen LogP contribution in [0.2, 0.25) is 0 Å². The van der Waals surface area contributed by atoms with Crippen LogP contribution in [0.15, 0.2) is 71.8 Å². The van der Waals surface area contributed by atoms with Crippen molar-refractivity contribution in [3.8, 4) is 0 Å². The standard InChI is InChI=1S/C48H60N2O8/c1-46(2)28-36-31(14-19-41-47(3,57-41)21-20-37(36)46)25-30-12-8-9-13-35(30)45(54)55-39-26-32(27-40-42(39)58-48(56-40,33-15-16-33)34-17-18-34)44(53)50(4)38(43(52)49-22-23-51)24-29-10-6-5-7-11-29/h5-13,25,27,33-34,36-42,51H,14-24,26,28H2,1-4H3,(H,49,52). The summed E-state index contributed by atoms with van der Waals surface area (Å²) in [6.07, 6.45) is 12.3. The number of epoxide rings is 1. The number of hydrogen-bond donors (Lipinski definition) is 2. The molecule has 10 nitrogen and oxygen atoms in total. The molecule has 2 N–H and O–H groups in total. The minimum absolute atomic E-state index is 0.00745. The molecule has 2 aromatic carbocycles. The van der Waals surface area contributed by atoms with Gasteiger partial charge in [0.2, 0.25) is 11.8 Å². The van der Waals surface area contributed by atoms with Crippen LogP contribution < -0.4 is 5.32 Å². The number of carbonyl (C=O) groups is 3. The third kappa shape index (κ3) is 7.59. The molecule has 0 bridgehead atoms. The zero-order valence-corrected chi connectivity index (χ0v) is 34.5. The fourth-order valence-corrected chi connectivity index (χ4v) is 10.9. The summed E-state index contributed by atoms with van der Waals surface area (Å²) < 4.78 is 26.5. The number of nitrogens with one attached hydrogen (secondary N) is 1. The lowest BCUT2D eigenvalue weighted by atomic mass is 9.52. The van der Waals surface area contributed by atoms with Gasteiger partial charge in [0.1, 0.15) is 24.4 Å². The Bertz CT molecular complexity index is 1960. The lowest BCUT2D eigenvalue weighted by Gasteiger charge is -2.53. The largest absolute Gasteiger partial charge is 0.456 e. The lowest BCUT2D eigenvalue weighted by molar-refractivity contribution is -0.209. The number of benzene rings is 2. The number of hydrogen-bond acceptors (Lipinski definition) is 8. The number of allylic oxidation sites excluding steroid dienone is 1. The number of nitrogens with zero attached hydrogens (tertiary/aromatic N) is 1. The Morgan fingerprint density at radius 3 is 2.38 bits per heavy atom. The molecule has 0 aromatic heterocycles. The van der Waals surface area contributed by atoms with E-state index in [4.69, 9.17) is 18.9 Å². The van der Waals surface area contributed by atoms with E-state index in [2.05, 4.69) is 32.2 Å². The molecule has 310 valence electrons. The molecule has 0 radical (unpaired) electrons. The summed E-state index contributed by atoms with van der Waals surface area (Å²) in [5.41, 5.74) is 4.32. The summed E-state index contributed by atoms with van der Waals surface area (Å²) in [7, 11) is 1.64. The van der Waals surface area contributed by atoms with Gasteiger partial charge in [0.15, 0.2) is 5.79 Å². The molecule has 8 atom stereocenters. The van der Waals surface area contributed by atoms with Gasteiger partial charge in [-0.05, 0) is 105 Å². The van der Waals surface area contributed by atoms with Gasteiger partial charge >= 0.3 is 5.97 Å². The Morgan fingerprint density at radius 2 is 1.67 bits per heavy atom. The topological polar surface area (TPSA) is 127 Å². The molecule has 8 unspecified atom stereocenters. The van der Waals surface area contributed by atoms with Crippen LogP contribution in [0.5, 0.6) is 0 Å². The fraction of sp³-hybridized carbons (Fsp3) is 0.604. The molecule has 2 saturated heterocycles. The highest BCUT2D eigenvalue weighted by Crippen LogP contribution is 2.61. The van der Waals surface area contributed by atoms with Crippen LogP contribution in [0.4, 0.5) is 0 Å². The van der Waals surface area contributed by atoms with Crippen molar-refractivity contribution in [1.82, 2.24) is 10.2 Å². The summed E-state index contributed by atoms with van der Waals surface area (Å²) in [4.78, 5) is 44.0. The molecule has 2 heterocycles. The first-order valence-corrected chi connectivity index (χ1v) is 21.8. The average molecular weight is 793 g/mol. The molecular formula is C48H60N2O8. The van der Waals surface area contributed by atoms with E-state index >= 15 is 0 Å². The predicted octanol–water partition coefficient (Wildman–Crippen LogP) is 6.80. The first kappa shape index (κ1) is 39.6. The van der Waals surface area contributed by atoms with Gasteiger partial charge in [-0.3, -0.25) is 9.59 Å². The van der Waals surface area contributed by atoms with Crippen LogP contribution in [0, 0.1) is 29.1 Å². The van der Waals surface area contributed by atoms with Crippen molar-refractivity contribution in [3.63, 3.8) is 0 Å². The third-order valence-electron chi connectivity index (χ3n) is 14.6. The second-order valence-corrected chi connectivity index (χ2v) is 19.1. The summed E-state index contributed by atoms with van der Waals surface area (Å²) in [5.74, 6) is -0.267. The van der Waals surface area contributed by atoms with E-state index in [1.807, 2.05) is 60.7 Å². The van der Waals surface area contributed by atoms with Gasteiger partial charge in [-0.25, -0.2) is 4.79 Å². The molecule has 9 rings (SSSR count). The van der Waals surface area contributed by atoms with Crippen LogP contribution >= 0.6 is 0 Å². The average Bonchev–Trinajstić information content (AvgIpc) is 4.13. The summed E-state index contributed by atoms with van der Waals surface area (Å²) >= 11 is 0. The third-order valence-corrected chi connectivity index (χ3v) is 14.6. The van der Waals surface area contributed by atoms with Gasteiger partial charge in [-0.1, -0.05) is 74.0 Å². The molecule has 2 aromatic rings. The van der Waals surface area contributed by atoms with Crippen molar-refractivity contribution in [1.29, 1.82) is 0 Å². The van der Waals surface area contributed by atoms with Crippen molar-refractivity contribution in [2.45, 2.75) is 133 Å². The molecule has 2 amide bonds. The van der Waals surface area contributed by atoms with Crippen molar-refractivity contribution < 1.29 is 38.4 Å². The van der Waals surface area contributed by atoms with Crippen molar-refractivity contribution in [3.05, 3.63) is 88.5 Å². The van der Waals surface area contributed by atoms with Crippen LogP contribution in [0.3, 0.4) is 0 Å². The van der Waals surface area contributed by atoms with Gasteiger partial charge in [0.25, 0.3) is 0 Å². The Hall–Kier alpha value is -3.83. The Morgan fingerprint density at radius 1 is 0.948 bits per heavy atom. The first-order chi connectivity index (χ1) is 27.9. The SMILES string of the molecule is CN(C(=O)C1=CC2OC(C3CC3)(C3CC3)OC2C(OC(=O)c2ccccc2C=C2CCC3OC3(C)CCC3C2CC3(C)C)C1)C(Cc1ccccc1)C(=O)NCCO. The number of rotatable bonds is 12. The molecule has 58 heavy (non-hydrogen) atoms. The van der Waals surface area contributed by atoms with E-state index in [0.717, 1.165) is 68.9 Å². The van der Waals surface area contributed by atoms with E-state index in [0.29, 0.717) is 29.4 Å².